The summed E-state index contributed by atoms with van der Waals surface area (Å²) in [7, 11) is 2.99. The van der Waals surface area contributed by atoms with Crippen molar-refractivity contribution in [3.05, 3.63) is 33.7 Å². The molecule has 1 aromatic rings. The zero-order valence-corrected chi connectivity index (χ0v) is 11.3. The number of benzene rings is 1. The third-order valence-corrected chi connectivity index (χ3v) is 3.72. The Labute approximate surface area is 114 Å². The minimum Gasteiger partial charge on any atom is -0.495 e. The summed E-state index contributed by atoms with van der Waals surface area (Å²) in [5, 5.41) is 0.188. The van der Waals surface area contributed by atoms with Gasteiger partial charge in [-0.15, -0.1) is 0 Å². The predicted octanol–water partition coefficient (Wildman–Crippen LogP) is 3.01. The predicted molar refractivity (Wildman–Crippen MR) is 71.7 cm³/mol. The zero-order valence-electron chi connectivity index (χ0n) is 9.77. The van der Waals surface area contributed by atoms with E-state index in [-0.39, 0.29) is 11.1 Å². The molecule has 18 heavy (non-hydrogen) atoms. The summed E-state index contributed by atoms with van der Waals surface area (Å²) in [4.78, 5) is 24.5. The average molecular weight is 284 g/mol. The lowest BCUT2D eigenvalue weighted by Gasteiger charge is -2.04. The van der Waals surface area contributed by atoms with Crippen molar-refractivity contribution in [1.29, 1.82) is 0 Å². The van der Waals surface area contributed by atoms with Crippen LogP contribution in [0.25, 0.3) is 6.08 Å². The Balaban J connectivity index is 2.32. The van der Waals surface area contributed by atoms with E-state index in [0.717, 1.165) is 22.2 Å². The summed E-state index contributed by atoms with van der Waals surface area (Å²) in [5.74, 6) is 0.273. The van der Waals surface area contributed by atoms with Crippen LogP contribution in [0.4, 0.5) is 4.79 Å². The summed E-state index contributed by atoms with van der Waals surface area (Å²) in [6, 6.07) is 5.17. The van der Waals surface area contributed by atoms with Gasteiger partial charge in [-0.1, -0.05) is 17.7 Å². The number of imide groups is 1. The first-order valence-electron chi connectivity index (χ1n) is 5.08. The first-order chi connectivity index (χ1) is 8.52. The number of methoxy groups -OCH3 is 1. The number of amides is 2. The number of likely N-dealkylation sites (N-methyl/N-ethyl adjacent to an activating group) is 1. The molecule has 2 amide bonds. The highest BCUT2D eigenvalue weighted by Gasteiger charge is 2.31. The van der Waals surface area contributed by atoms with Gasteiger partial charge in [-0.3, -0.25) is 14.5 Å². The number of thioether (sulfide) groups is 1. The van der Waals surface area contributed by atoms with Crippen LogP contribution >= 0.6 is 23.4 Å². The molecule has 0 spiro atoms. The van der Waals surface area contributed by atoms with Crippen LogP contribution in [0.3, 0.4) is 0 Å². The fourth-order valence-electron chi connectivity index (χ4n) is 1.47. The van der Waals surface area contributed by atoms with Crippen molar-refractivity contribution in [2.75, 3.05) is 14.2 Å². The monoisotopic (exact) mass is 283 g/mol. The Morgan fingerprint density at radius 1 is 1.39 bits per heavy atom. The molecule has 2 rings (SSSR count). The highest BCUT2D eigenvalue weighted by molar-refractivity contribution is 8.18. The Morgan fingerprint density at radius 2 is 2.11 bits per heavy atom. The van der Waals surface area contributed by atoms with Gasteiger partial charge in [0.2, 0.25) is 0 Å². The van der Waals surface area contributed by atoms with Crippen molar-refractivity contribution in [2.24, 2.45) is 0 Å². The van der Waals surface area contributed by atoms with E-state index in [9.17, 15) is 9.59 Å². The number of hydrogen-bond donors (Lipinski definition) is 0. The van der Waals surface area contributed by atoms with Gasteiger partial charge >= 0.3 is 0 Å². The largest absolute Gasteiger partial charge is 0.495 e. The Kier molecular flexibility index (Phi) is 3.63. The molecule has 1 aliphatic rings. The van der Waals surface area contributed by atoms with Gasteiger partial charge in [0.05, 0.1) is 17.0 Å². The molecular weight excluding hydrogens is 274 g/mol. The molecule has 1 saturated heterocycles. The molecule has 0 aliphatic carbocycles. The minimum atomic E-state index is -0.294. The smallest absolute Gasteiger partial charge is 0.293 e. The molecule has 0 saturated carbocycles. The van der Waals surface area contributed by atoms with Gasteiger partial charge in [-0.2, -0.15) is 0 Å². The van der Waals surface area contributed by atoms with Crippen LogP contribution in [0.5, 0.6) is 5.75 Å². The first kappa shape index (κ1) is 13.0. The molecule has 4 nitrogen and oxygen atoms in total. The second-order valence-electron chi connectivity index (χ2n) is 3.63. The van der Waals surface area contributed by atoms with Crippen LogP contribution in [0.15, 0.2) is 23.1 Å². The Hall–Kier alpha value is -1.46. The molecule has 1 aliphatic heterocycles. The van der Waals surface area contributed by atoms with E-state index in [1.165, 1.54) is 14.2 Å². The topological polar surface area (TPSA) is 46.6 Å². The van der Waals surface area contributed by atoms with Crippen LogP contribution in [0.2, 0.25) is 5.02 Å². The second-order valence-corrected chi connectivity index (χ2v) is 5.04. The maximum Gasteiger partial charge on any atom is 0.293 e. The molecule has 1 fully saturated rings. The molecule has 0 N–H and O–H groups in total. The lowest BCUT2D eigenvalue weighted by atomic mass is 10.2. The van der Waals surface area contributed by atoms with Gasteiger partial charge in [-0.05, 0) is 35.5 Å². The zero-order chi connectivity index (χ0) is 13.3. The van der Waals surface area contributed by atoms with E-state index in [1.54, 1.807) is 24.3 Å². The number of carbonyl (C=O) groups is 2. The van der Waals surface area contributed by atoms with Gasteiger partial charge in [0.15, 0.2) is 0 Å². The lowest BCUT2D eigenvalue weighted by Crippen LogP contribution is -2.22. The SMILES string of the molecule is COc1ccc(/C=C2\SC(=O)N(C)C2=O)cc1Cl. The molecule has 0 bridgehead atoms. The highest BCUT2D eigenvalue weighted by atomic mass is 35.5. The van der Waals surface area contributed by atoms with E-state index >= 15 is 0 Å². The van der Waals surface area contributed by atoms with Crippen LogP contribution in [0, 0.1) is 0 Å². The van der Waals surface area contributed by atoms with Crippen molar-refractivity contribution in [3.63, 3.8) is 0 Å². The highest BCUT2D eigenvalue weighted by Crippen LogP contribution is 2.32. The van der Waals surface area contributed by atoms with Crippen molar-refractivity contribution in [3.8, 4) is 5.75 Å². The average Bonchev–Trinajstić information content (AvgIpc) is 2.57. The summed E-state index contributed by atoms with van der Waals surface area (Å²) in [6.07, 6.45) is 1.64. The van der Waals surface area contributed by atoms with Crippen LogP contribution in [-0.2, 0) is 4.79 Å². The molecule has 1 heterocycles. The van der Waals surface area contributed by atoms with Gasteiger partial charge < -0.3 is 4.74 Å². The third kappa shape index (κ3) is 2.37. The van der Waals surface area contributed by atoms with Crippen molar-refractivity contribution < 1.29 is 14.3 Å². The molecule has 0 atom stereocenters. The van der Waals surface area contributed by atoms with E-state index < -0.39 is 0 Å². The number of nitrogens with zero attached hydrogens (tertiary/aromatic N) is 1. The Bertz CT molecular complexity index is 556. The third-order valence-electron chi connectivity index (χ3n) is 2.46. The fourth-order valence-corrected chi connectivity index (χ4v) is 2.56. The van der Waals surface area contributed by atoms with Crippen molar-refractivity contribution >= 4 is 40.6 Å². The maximum absolute atomic E-state index is 11.7. The molecule has 0 unspecified atom stereocenters. The van der Waals surface area contributed by atoms with E-state index in [2.05, 4.69) is 0 Å². The van der Waals surface area contributed by atoms with Crippen molar-refractivity contribution in [1.82, 2.24) is 4.90 Å². The van der Waals surface area contributed by atoms with Crippen LogP contribution in [0.1, 0.15) is 5.56 Å². The first-order valence-corrected chi connectivity index (χ1v) is 6.27. The molecule has 0 aromatic heterocycles. The summed E-state index contributed by atoms with van der Waals surface area (Å²) in [6.45, 7) is 0. The second kappa shape index (κ2) is 5.04. The molecule has 94 valence electrons. The molecule has 0 radical (unpaired) electrons. The standard InChI is InChI=1S/C12H10ClNO3S/c1-14-11(15)10(18-12(14)16)6-7-3-4-9(17-2)8(13)5-7/h3-6H,1-2H3/b10-6-. The maximum atomic E-state index is 11.7. The summed E-state index contributed by atoms with van der Waals surface area (Å²) >= 11 is 6.90. The summed E-state index contributed by atoms with van der Waals surface area (Å²) < 4.78 is 5.04. The number of halogens is 1. The van der Waals surface area contributed by atoms with E-state index in [0.29, 0.717) is 15.7 Å². The molecular formula is C12H10ClNO3S. The van der Waals surface area contributed by atoms with E-state index in [1.807, 2.05) is 0 Å². The van der Waals surface area contributed by atoms with Gasteiger partial charge in [0, 0.05) is 7.05 Å². The number of carbonyl (C=O) groups excluding carboxylic acids is 2. The number of rotatable bonds is 2. The quantitative estimate of drug-likeness (QED) is 0.783. The number of hydrogen-bond acceptors (Lipinski definition) is 4. The van der Waals surface area contributed by atoms with Crippen LogP contribution < -0.4 is 4.74 Å². The lowest BCUT2D eigenvalue weighted by molar-refractivity contribution is -0.121. The minimum absolute atomic E-state index is 0.272. The normalized spacial score (nSPS) is 17.7. The molecule has 1 aromatic carbocycles. The van der Waals surface area contributed by atoms with Crippen molar-refractivity contribution in [2.45, 2.75) is 0 Å². The fraction of sp³-hybridized carbons (Fsp3) is 0.167. The van der Waals surface area contributed by atoms with E-state index in [4.69, 9.17) is 16.3 Å². The molecule has 6 heteroatoms. The van der Waals surface area contributed by atoms with Gasteiger partial charge in [-0.25, -0.2) is 0 Å². The van der Waals surface area contributed by atoms with Crippen LogP contribution in [-0.4, -0.2) is 30.2 Å². The summed E-state index contributed by atoms with van der Waals surface area (Å²) in [5.41, 5.74) is 0.750. The van der Waals surface area contributed by atoms with Gasteiger partial charge in [0.1, 0.15) is 5.75 Å². The number of ether oxygens (including phenoxy) is 1. The Morgan fingerprint density at radius 3 is 2.61 bits per heavy atom. The van der Waals surface area contributed by atoms with Gasteiger partial charge in [0.25, 0.3) is 11.1 Å².